The minimum absolute atomic E-state index is 0.124. The Bertz CT molecular complexity index is 701. The molecule has 1 aliphatic rings. The van der Waals surface area contributed by atoms with Gasteiger partial charge < -0.3 is 14.7 Å². The Hall–Kier alpha value is -2.25. The lowest BCUT2D eigenvalue weighted by Gasteiger charge is -2.34. The molecule has 1 fully saturated rings. The number of aliphatic carboxylic acids is 1. The van der Waals surface area contributed by atoms with Crippen LogP contribution in [0.2, 0.25) is 0 Å². The number of hydrogen-bond acceptors (Lipinski definition) is 5. The molecule has 1 N–H and O–H groups in total. The van der Waals surface area contributed by atoms with Crippen molar-refractivity contribution >= 4 is 23.2 Å². The van der Waals surface area contributed by atoms with Gasteiger partial charge in [-0.1, -0.05) is 30.3 Å². The number of amides is 1. The van der Waals surface area contributed by atoms with E-state index in [2.05, 4.69) is 4.98 Å². The standard InChI is InChI=1S/C16H16N2O4S/c19-14(20)8-12-9-22-7-6-18(12)16(21)13-10-23-15(17-13)11-4-2-1-3-5-11/h1-5,10,12H,6-9H2,(H,19,20). The number of thiazole rings is 1. The third-order valence-electron chi connectivity index (χ3n) is 3.64. The fraction of sp³-hybridized carbons (Fsp3) is 0.312. The molecule has 0 radical (unpaired) electrons. The number of carbonyl (C=O) groups excluding carboxylic acids is 1. The first-order valence-electron chi connectivity index (χ1n) is 7.26. The van der Waals surface area contributed by atoms with Gasteiger partial charge in [-0.05, 0) is 0 Å². The van der Waals surface area contributed by atoms with Crippen LogP contribution < -0.4 is 0 Å². The summed E-state index contributed by atoms with van der Waals surface area (Å²) in [5.74, 6) is -1.18. The summed E-state index contributed by atoms with van der Waals surface area (Å²) in [5.41, 5.74) is 1.31. The molecule has 3 rings (SSSR count). The van der Waals surface area contributed by atoms with E-state index in [9.17, 15) is 9.59 Å². The number of ether oxygens (including phenoxy) is 1. The minimum Gasteiger partial charge on any atom is -0.481 e. The molecule has 2 heterocycles. The second-order valence-corrected chi connectivity index (χ2v) is 6.09. The molecular weight excluding hydrogens is 316 g/mol. The van der Waals surface area contributed by atoms with Gasteiger partial charge >= 0.3 is 5.97 Å². The average molecular weight is 332 g/mol. The summed E-state index contributed by atoms with van der Waals surface area (Å²) in [6, 6.07) is 9.19. The van der Waals surface area contributed by atoms with Crippen molar-refractivity contribution in [3.05, 3.63) is 41.4 Å². The van der Waals surface area contributed by atoms with E-state index >= 15 is 0 Å². The van der Waals surface area contributed by atoms with Crippen molar-refractivity contribution in [3.8, 4) is 10.6 Å². The van der Waals surface area contributed by atoms with E-state index in [1.165, 1.54) is 11.3 Å². The minimum atomic E-state index is -0.943. The number of aromatic nitrogens is 1. The van der Waals surface area contributed by atoms with Gasteiger partial charge in [0.05, 0.1) is 25.7 Å². The van der Waals surface area contributed by atoms with E-state index in [0.717, 1.165) is 10.6 Å². The first kappa shape index (κ1) is 15.6. The van der Waals surface area contributed by atoms with Gasteiger partial charge in [0.2, 0.25) is 0 Å². The number of benzene rings is 1. The third-order valence-corrected chi connectivity index (χ3v) is 4.53. The van der Waals surface area contributed by atoms with Crippen molar-refractivity contribution in [2.45, 2.75) is 12.5 Å². The van der Waals surface area contributed by atoms with E-state index in [4.69, 9.17) is 9.84 Å². The van der Waals surface area contributed by atoms with Gasteiger partial charge in [0.15, 0.2) is 0 Å². The van der Waals surface area contributed by atoms with Crippen LogP contribution in [0.5, 0.6) is 0 Å². The van der Waals surface area contributed by atoms with Crippen molar-refractivity contribution in [1.29, 1.82) is 0 Å². The summed E-state index contributed by atoms with van der Waals surface area (Å²) in [7, 11) is 0. The predicted molar refractivity (Wildman–Crippen MR) is 85.4 cm³/mol. The van der Waals surface area contributed by atoms with Crippen LogP contribution in [0.4, 0.5) is 0 Å². The van der Waals surface area contributed by atoms with Crippen LogP contribution in [0.1, 0.15) is 16.9 Å². The van der Waals surface area contributed by atoms with Crippen LogP contribution in [0.25, 0.3) is 10.6 Å². The number of hydrogen-bond donors (Lipinski definition) is 1. The molecule has 6 nitrogen and oxygen atoms in total. The molecule has 0 saturated carbocycles. The maximum absolute atomic E-state index is 12.7. The maximum Gasteiger partial charge on any atom is 0.305 e. The molecule has 1 unspecified atom stereocenters. The van der Waals surface area contributed by atoms with Gasteiger partial charge in [-0.3, -0.25) is 9.59 Å². The first-order chi connectivity index (χ1) is 11.1. The summed E-state index contributed by atoms with van der Waals surface area (Å²) < 4.78 is 5.30. The fourth-order valence-electron chi connectivity index (χ4n) is 2.53. The van der Waals surface area contributed by atoms with Crippen LogP contribution in [0.15, 0.2) is 35.7 Å². The van der Waals surface area contributed by atoms with Crippen LogP contribution in [-0.4, -0.2) is 52.7 Å². The zero-order chi connectivity index (χ0) is 16.2. The highest BCUT2D eigenvalue weighted by Gasteiger charge is 2.31. The zero-order valence-electron chi connectivity index (χ0n) is 12.3. The van der Waals surface area contributed by atoms with Crippen molar-refractivity contribution in [2.75, 3.05) is 19.8 Å². The predicted octanol–water partition coefficient (Wildman–Crippen LogP) is 2.13. The third kappa shape index (κ3) is 3.57. The molecule has 0 aliphatic carbocycles. The van der Waals surface area contributed by atoms with E-state index < -0.39 is 12.0 Å². The molecule has 120 valence electrons. The molecule has 1 atom stereocenters. The molecule has 2 aromatic rings. The number of rotatable bonds is 4. The molecule has 0 spiro atoms. The van der Waals surface area contributed by atoms with Gasteiger partial charge in [-0.25, -0.2) is 4.98 Å². The number of carbonyl (C=O) groups is 2. The highest BCUT2D eigenvalue weighted by Crippen LogP contribution is 2.25. The van der Waals surface area contributed by atoms with Gasteiger partial charge in [-0.15, -0.1) is 11.3 Å². The SMILES string of the molecule is O=C(O)CC1COCCN1C(=O)c1csc(-c2ccccc2)n1. The van der Waals surface area contributed by atoms with Crippen LogP contribution in [0, 0.1) is 0 Å². The summed E-state index contributed by atoms with van der Waals surface area (Å²) in [5, 5.41) is 11.5. The Balaban J connectivity index is 1.79. The lowest BCUT2D eigenvalue weighted by atomic mass is 10.1. The highest BCUT2D eigenvalue weighted by molar-refractivity contribution is 7.13. The molecule has 1 aromatic heterocycles. The van der Waals surface area contributed by atoms with E-state index in [0.29, 0.717) is 18.8 Å². The monoisotopic (exact) mass is 332 g/mol. The summed E-state index contributed by atoms with van der Waals surface area (Å²) in [6.45, 7) is 1.04. The van der Waals surface area contributed by atoms with Crippen LogP contribution in [-0.2, 0) is 9.53 Å². The number of carboxylic acid groups (broad SMARTS) is 1. The Morgan fingerprint density at radius 1 is 1.35 bits per heavy atom. The highest BCUT2D eigenvalue weighted by atomic mass is 32.1. The second-order valence-electron chi connectivity index (χ2n) is 5.23. The largest absolute Gasteiger partial charge is 0.481 e. The van der Waals surface area contributed by atoms with E-state index in [1.807, 2.05) is 30.3 Å². The summed E-state index contributed by atoms with van der Waals surface area (Å²) in [6.07, 6.45) is -0.124. The smallest absolute Gasteiger partial charge is 0.305 e. The quantitative estimate of drug-likeness (QED) is 0.928. The molecule has 0 bridgehead atoms. The van der Waals surface area contributed by atoms with Gasteiger partial charge in [0.25, 0.3) is 5.91 Å². The van der Waals surface area contributed by atoms with Gasteiger partial charge in [0, 0.05) is 17.5 Å². The van der Waals surface area contributed by atoms with Crippen LogP contribution >= 0.6 is 11.3 Å². The Labute approximate surface area is 137 Å². The summed E-state index contributed by atoms with van der Waals surface area (Å²) >= 11 is 1.40. The number of nitrogens with zero attached hydrogens (tertiary/aromatic N) is 2. The van der Waals surface area contributed by atoms with Crippen molar-refractivity contribution in [1.82, 2.24) is 9.88 Å². The van der Waals surface area contributed by atoms with E-state index in [-0.39, 0.29) is 18.9 Å². The molecule has 1 aliphatic heterocycles. The van der Waals surface area contributed by atoms with Crippen LogP contribution in [0.3, 0.4) is 0 Å². The molecule has 7 heteroatoms. The first-order valence-corrected chi connectivity index (χ1v) is 8.14. The Morgan fingerprint density at radius 2 is 2.13 bits per heavy atom. The van der Waals surface area contributed by atoms with Crippen molar-refractivity contribution < 1.29 is 19.4 Å². The Kier molecular flexibility index (Phi) is 4.68. The summed E-state index contributed by atoms with van der Waals surface area (Å²) in [4.78, 5) is 29.6. The molecular formula is C16H16N2O4S. The molecule has 1 saturated heterocycles. The average Bonchev–Trinajstić information content (AvgIpc) is 3.05. The molecule has 23 heavy (non-hydrogen) atoms. The number of carboxylic acids is 1. The lowest BCUT2D eigenvalue weighted by molar-refractivity contribution is -0.139. The fourth-order valence-corrected chi connectivity index (χ4v) is 3.33. The van der Waals surface area contributed by atoms with Crippen molar-refractivity contribution in [3.63, 3.8) is 0 Å². The zero-order valence-corrected chi connectivity index (χ0v) is 13.2. The lowest BCUT2D eigenvalue weighted by Crippen LogP contribution is -2.49. The second kappa shape index (κ2) is 6.89. The normalized spacial score (nSPS) is 17.9. The van der Waals surface area contributed by atoms with Gasteiger partial charge in [0.1, 0.15) is 10.7 Å². The van der Waals surface area contributed by atoms with Gasteiger partial charge in [-0.2, -0.15) is 0 Å². The topological polar surface area (TPSA) is 79.7 Å². The number of morpholine rings is 1. The maximum atomic E-state index is 12.7. The van der Waals surface area contributed by atoms with E-state index in [1.54, 1.807) is 10.3 Å². The van der Waals surface area contributed by atoms with Crippen molar-refractivity contribution in [2.24, 2.45) is 0 Å². The molecule has 1 amide bonds. The Morgan fingerprint density at radius 3 is 2.87 bits per heavy atom. The molecule has 1 aromatic carbocycles.